The molecule has 110 valence electrons. The summed E-state index contributed by atoms with van der Waals surface area (Å²) in [6.45, 7) is 2.18. The first kappa shape index (κ1) is 18.2. The maximum absolute atomic E-state index is 10.3. The lowest BCUT2D eigenvalue weighted by Gasteiger charge is -1.85. The minimum absolute atomic E-state index is 0.175. The van der Waals surface area contributed by atoms with E-state index in [1.54, 1.807) is 6.08 Å². The van der Waals surface area contributed by atoms with Crippen molar-refractivity contribution >= 4 is 5.97 Å². The molecule has 0 aromatic rings. The van der Waals surface area contributed by atoms with Crippen molar-refractivity contribution in [3.05, 3.63) is 54.3 Å². The Balaban J connectivity index is 3.54. The van der Waals surface area contributed by atoms with Gasteiger partial charge in [0.15, 0.2) is 0 Å². The molecule has 0 rings (SSSR count). The minimum atomic E-state index is -0.765. The predicted octanol–water partition coefficient (Wildman–Crippen LogP) is 5.20. The lowest BCUT2D eigenvalue weighted by molar-refractivity contribution is -0.136. The first-order valence-corrected chi connectivity index (χ1v) is 7.33. The number of carboxylic acid groups (broad SMARTS) is 1. The fraction of sp³-hybridized carbons (Fsp3) is 0.444. The van der Waals surface area contributed by atoms with Gasteiger partial charge in [0.2, 0.25) is 0 Å². The van der Waals surface area contributed by atoms with Crippen molar-refractivity contribution in [3.63, 3.8) is 0 Å². The molecule has 0 radical (unpaired) electrons. The van der Waals surface area contributed by atoms with Gasteiger partial charge in [0.05, 0.1) is 0 Å². The van der Waals surface area contributed by atoms with Gasteiger partial charge in [-0.3, -0.25) is 4.79 Å². The smallest absolute Gasteiger partial charge is 0.303 e. The molecule has 0 aliphatic rings. The second kappa shape index (κ2) is 15.3. The summed E-state index contributed by atoms with van der Waals surface area (Å²) in [5, 5.41) is 8.44. The summed E-state index contributed by atoms with van der Waals surface area (Å²) in [4.78, 5) is 10.3. The lowest BCUT2D eigenvalue weighted by atomic mass is 10.2. The van der Waals surface area contributed by atoms with E-state index in [-0.39, 0.29) is 6.42 Å². The van der Waals surface area contributed by atoms with Crippen molar-refractivity contribution in [1.82, 2.24) is 0 Å². The first-order chi connectivity index (χ1) is 9.77. The fourth-order valence-corrected chi connectivity index (χ4v) is 1.42. The Kier molecular flexibility index (Phi) is 13.9. The first-order valence-electron chi connectivity index (χ1n) is 7.33. The van der Waals surface area contributed by atoms with Gasteiger partial charge in [-0.05, 0) is 44.3 Å². The average molecular weight is 274 g/mol. The Morgan fingerprint density at radius 2 is 1.50 bits per heavy atom. The summed E-state index contributed by atoms with van der Waals surface area (Å²) in [6, 6.07) is 0. The summed E-state index contributed by atoms with van der Waals surface area (Å²) < 4.78 is 0. The summed E-state index contributed by atoms with van der Waals surface area (Å²) in [5.41, 5.74) is 2.98. The maximum Gasteiger partial charge on any atom is 0.303 e. The Hall–Kier alpha value is -1.79. The number of hydrogen-bond acceptors (Lipinski definition) is 1. The monoisotopic (exact) mass is 274 g/mol. The lowest BCUT2D eigenvalue weighted by Crippen LogP contribution is -1.91. The van der Waals surface area contributed by atoms with E-state index >= 15 is 0 Å². The van der Waals surface area contributed by atoms with E-state index in [0.29, 0.717) is 6.42 Å². The van der Waals surface area contributed by atoms with Gasteiger partial charge in [-0.15, -0.1) is 5.73 Å². The van der Waals surface area contributed by atoms with E-state index in [1.165, 1.54) is 12.8 Å². The minimum Gasteiger partial charge on any atom is -0.481 e. The van der Waals surface area contributed by atoms with E-state index in [9.17, 15) is 4.79 Å². The molecule has 0 unspecified atom stereocenters. The number of aliphatic carboxylic acids is 1. The molecule has 0 amide bonds. The van der Waals surface area contributed by atoms with Crippen molar-refractivity contribution < 1.29 is 9.90 Å². The van der Waals surface area contributed by atoms with Crippen molar-refractivity contribution in [3.8, 4) is 0 Å². The van der Waals surface area contributed by atoms with Crippen LogP contribution < -0.4 is 0 Å². The fourth-order valence-electron chi connectivity index (χ4n) is 1.42. The van der Waals surface area contributed by atoms with Crippen LogP contribution in [-0.4, -0.2) is 11.1 Å². The molecule has 0 aromatic heterocycles. The maximum atomic E-state index is 10.3. The van der Waals surface area contributed by atoms with Gasteiger partial charge in [-0.25, -0.2) is 0 Å². The van der Waals surface area contributed by atoms with Crippen molar-refractivity contribution in [2.45, 2.75) is 51.9 Å². The molecule has 0 saturated heterocycles. The molecule has 0 aliphatic heterocycles. The molecule has 0 bridgehead atoms. The summed E-state index contributed by atoms with van der Waals surface area (Å²) >= 11 is 0. The molecule has 1 N–H and O–H groups in total. The number of unbranched alkanes of at least 4 members (excludes halogenated alkanes) is 1. The molecule has 0 heterocycles. The van der Waals surface area contributed by atoms with Gasteiger partial charge in [-0.1, -0.05) is 49.8 Å². The van der Waals surface area contributed by atoms with Gasteiger partial charge in [0.25, 0.3) is 0 Å². The van der Waals surface area contributed by atoms with Gasteiger partial charge in [0.1, 0.15) is 0 Å². The molecular weight excluding hydrogens is 248 g/mol. The highest BCUT2D eigenvalue weighted by molar-refractivity contribution is 5.66. The molecule has 20 heavy (non-hydrogen) atoms. The average Bonchev–Trinajstić information content (AvgIpc) is 2.43. The van der Waals surface area contributed by atoms with E-state index < -0.39 is 5.97 Å². The highest BCUT2D eigenvalue weighted by Crippen LogP contribution is 1.95. The van der Waals surface area contributed by atoms with Crippen LogP contribution in [0.3, 0.4) is 0 Å². The van der Waals surface area contributed by atoms with Crippen molar-refractivity contribution in [1.29, 1.82) is 0 Å². The molecule has 0 aromatic carbocycles. The molecule has 0 saturated carbocycles. The summed E-state index contributed by atoms with van der Waals surface area (Å²) in [6.07, 6.45) is 22.6. The van der Waals surface area contributed by atoms with Gasteiger partial charge in [0, 0.05) is 6.42 Å². The van der Waals surface area contributed by atoms with Crippen LogP contribution in [0, 0.1) is 0 Å². The topological polar surface area (TPSA) is 37.3 Å². The number of rotatable bonds is 11. The van der Waals surface area contributed by atoms with Crippen LogP contribution in [0.1, 0.15) is 51.9 Å². The largest absolute Gasteiger partial charge is 0.481 e. The molecule has 0 aliphatic carbocycles. The zero-order valence-corrected chi connectivity index (χ0v) is 12.4. The summed E-state index contributed by atoms with van der Waals surface area (Å²) in [5.74, 6) is -0.765. The third kappa shape index (κ3) is 16.2. The number of allylic oxidation sites excluding steroid dienone is 7. The highest BCUT2D eigenvalue weighted by atomic mass is 16.4. The number of carboxylic acids is 1. The zero-order chi connectivity index (χ0) is 14.9. The molecule has 0 fully saturated rings. The van der Waals surface area contributed by atoms with Crippen LogP contribution in [0.25, 0.3) is 0 Å². The van der Waals surface area contributed by atoms with E-state index in [4.69, 9.17) is 5.11 Å². The van der Waals surface area contributed by atoms with E-state index in [1.807, 2.05) is 6.08 Å². The second-order valence-corrected chi connectivity index (χ2v) is 4.42. The third-order valence-corrected chi connectivity index (χ3v) is 2.49. The summed E-state index contributed by atoms with van der Waals surface area (Å²) in [7, 11) is 0. The Morgan fingerprint density at radius 1 is 0.900 bits per heavy atom. The Morgan fingerprint density at radius 3 is 2.10 bits per heavy atom. The highest BCUT2D eigenvalue weighted by Gasteiger charge is 1.90. The molecule has 0 atom stereocenters. The van der Waals surface area contributed by atoms with Crippen LogP contribution in [0.4, 0.5) is 0 Å². The van der Waals surface area contributed by atoms with E-state index in [2.05, 4.69) is 49.1 Å². The van der Waals surface area contributed by atoms with Gasteiger partial charge >= 0.3 is 5.97 Å². The number of hydrogen-bond donors (Lipinski definition) is 1. The van der Waals surface area contributed by atoms with E-state index in [0.717, 1.165) is 19.3 Å². The normalized spacial score (nSPS) is 11.2. The molecule has 0 spiro atoms. The molecule has 2 heteroatoms. The van der Waals surface area contributed by atoms with Crippen LogP contribution in [0.2, 0.25) is 0 Å². The second-order valence-electron chi connectivity index (χ2n) is 4.42. The van der Waals surface area contributed by atoms with Crippen LogP contribution in [0.5, 0.6) is 0 Å². The van der Waals surface area contributed by atoms with Gasteiger partial charge < -0.3 is 5.11 Å². The molecular formula is C18H26O2. The Labute approximate surface area is 122 Å². The zero-order valence-electron chi connectivity index (χ0n) is 12.4. The third-order valence-electron chi connectivity index (χ3n) is 2.49. The molecule has 2 nitrogen and oxygen atoms in total. The predicted molar refractivity (Wildman–Crippen MR) is 85.7 cm³/mol. The van der Waals surface area contributed by atoms with Crippen LogP contribution in [-0.2, 0) is 4.79 Å². The van der Waals surface area contributed by atoms with Gasteiger partial charge in [-0.2, -0.15) is 0 Å². The standard InChI is InChI=1S/C18H26O2/c1-2-3-4-5-6-7-8-9-10-11-12-13-14-15-16-17-18(19)20/h4-5,7-8,10-11,13,15H,2-3,6,9,12,16-17H2,1H3,(H,19,20). The quantitative estimate of drug-likeness (QED) is 0.415. The van der Waals surface area contributed by atoms with Crippen molar-refractivity contribution in [2.75, 3.05) is 0 Å². The van der Waals surface area contributed by atoms with Crippen LogP contribution >= 0.6 is 0 Å². The number of carbonyl (C=O) groups is 1. The Bertz CT molecular complexity index is 380. The SMILES string of the molecule is CCCC=CCC=CCC=CCC=C=CCCC(=O)O. The van der Waals surface area contributed by atoms with Crippen molar-refractivity contribution in [2.24, 2.45) is 0 Å². The van der Waals surface area contributed by atoms with Crippen LogP contribution in [0.15, 0.2) is 54.3 Å².